The molecule has 1 N–H and O–H groups in total. The molecule has 1 heterocycles. The lowest BCUT2D eigenvalue weighted by atomic mass is 9.92. The third-order valence-electron chi connectivity index (χ3n) is 4.20. The smallest absolute Gasteiger partial charge is 0.146 e. The van der Waals surface area contributed by atoms with Crippen molar-refractivity contribution in [3.8, 4) is 0 Å². The summed E-state index contributed by atoms with van der Waals surface area (Å²) in [7, 11) is 0. The lowest BCUT2D eigenvalue weighted by Crippen LogP contribution is -2.41. The predicted molar refractivity (Wildman–Crippen MR) is 83.6 cm³/mol. The molecule has 1 fully saturated rings. The van der Waals surface area contributed by atoms with Gasteiger partial charge in [0, 0.05) is 25.2 Å². The van der Waals surface area contributed by atoms with E-state index >= 15 is 0 Å². The Kier molecular flexibility index (Phi) is 5.03. The van der Waals surface area contributed by atoms with Crippen LogP contribution in [0.3, 0.4) is 0 Å². The molecule has 0 aromatic heterocycles. The molecule has 1 aromatic rings. The van der Waals surface area contributed by atoms with Gasteiger partial charge in [-0.3, -0.25) is 0 Å². The highest BCUT2D eigenvalue weighted by Crippen LogP contribution is 2.32. The number of hydrogen-bond donors (Lipinski definition) is 1. The number of hydrogen-bond acceptors (Lipinski definition) is 2. The molecule has 1 aromatic carbocycles. The molecule has 0 amide bonds. The summed E-state index contributed by atoms with van der Waals surface area (Å²) in [4.78, 5) is 2.26. The molecule has 3 heteroatoms. The van der Waals surface area contributed by atoms with Crippen LogP contribution in [0.15, 0.2) is 18.2 Å². The quantitative estimate of drug-likeness (QED) is 0.897. The summed E-state index contributed by atoms with van der Waals surface area (Å²) in [6.07, 6.45) is 2.29. The maximum Gasteiger partial charge on any atom is 0.146 e. The summed E-state index contributed by atoms with van der Waals surface area (Å²) in [6, 6.07) is 6.25. The van der Waals surface area contributed by atoms with E-state index in [9.17, 15) is 4.39 Å². The standard InChI is InChI=1S/C17H27FN2/c1-12(2)19-11-15-6-5-7-16(18)17(15)20-9-8-13(3)10-14(20)4/h5-7,12-14,19H,8-11H2,1-4H3. The molecule has 0 radical (unpaired) electrons. The Balaban J connectivity index is 2.25. The second-order valence-corrected chi connectivity index (χ2v) is 6.46. The summed E-state index contributed by atoms with van der Waals surface area (Å²) in [5, 5.41) is 3.40. The molecule has 20 heavy (non-hydrogen) atoms. The molecule has 112 valence electrons. The van der Waals surface area contributed by atoms with Crippen LogP contribution >= 0.6 is 0 Å². The van der Waals surface area contributed by atoms with Crippen LogP contribution in [0.5, 0.6) is 0 Å². The van der Waals surface area contributed by atoms with Gasteiger partial charge >= 0.3 is 0 Å². The van der Waals surface area contributed by atoms with Gasteiger partial charge in [-0.15, -0.1) is 0 Å². The maximum absolute atomic E-state index is 14.4. The minimum Gasteiger partial charge on any atom is -0.366 e. The molecule has 0 saturated carbocycles. The van der Waals surface area contributed by atoms with Crippen LogP contribution in [0.25, 0.3) is 0 Å². The third-order valence-corrected chi connectivity index (χ3v) is 4.20. The van der Waals surface area contributed by atoms with Crippen LogP contribution in [-0.4, -0.2) is 18.6 Å². The van der Waals surface area contributed by atoms with Crippen molar-refractivity contribution >= 4 is 5.69 Å². The first-order valence-electron chi connectivity index (χ1n) is 7.76. The third kappa shape index (κ3) is 3.51. The van der Waals surface area contributed by atoms with E-state index in [0.717, 1.165) is 43.1 Å². The zero-order chi connectivity index (χ0) is 14.7. The van der Waals surface area contributed by atoms with E-state index in [1.165, 1.54) is 0 Å². The van der Waals surface area contributed by atoms with Crippen molar-refractivity contribution in [1.82, 2.24) is 5.32 Å². The zero-order valence-electron chi connectivity index (χ0n) is 13.1. The van der Waals surface area contributed by atoms with E-state index in [1.54, 1.807) is 6.07 Å². The highest BCUT2D eigenvalue weighted by atomic mass is 19.1. The number of nitrogens with one attached hydrogen (secondary N) is 1. The van der Waals surface area contributed by atoms with Crippen molar-refractivity contribution in [1.29, 1.82) is 0 Å². The minimum atomic E-state index is -0.0885. The molecular formula is C17H27FN2. The van der Waals surface area contributed by atoms with Gasteiger partial charge in [0.2, 0.25) is 0 Å². The Labute approximate surface area is 122 Å². The fraction of sp³-hybridized carbons (Fsp3) is 0.647. The van der Waals surface area contributed by atoms with Gasteiger partial charge in [0.1, 0.15) is 5.82 Å². The molecule has 1 saturated heterocycles. The van der Waals surface area contributed by atoms with Crippen molar-refractivity contribution in [3.63, 3.8) is 0 Å². The zero-order valence-corrected chi connectivity index (χ0v) is 13.1. The van der Waals surface area contributed by atoms with Gasteiger partial charge < -0.3 is 10.2 Å². The van der Waals surface area contributed by atoms with Gasteiger partial charge in [0.25, 0.3) is 0 Å². The highest BCUT2D eigenvalue weighted by Gasteiger charge is 2.26. The normalized spacial score (nSPS) is 23.4. The van der Waals surface area contributed by atoms with Crippen molar-refractivity contribution in [2.45, 2.75) is 59.2 Å². The lowest BCUT2D eigenvalue weighted by Gasteiger charge is -2.39. The fourth-order valence-electron chi connectivity index (χ4n) is 3.08. The first kappa shape index (κ1) is 15.3. The largest absolute Gasteiger partial charge is 0.366 e. The Morgan fingerprint density at radius 2 is 2.10 bits per heavy atom. The minimum absolute atomic E-state index is 0.0885. The van der Waals surface area contributed by atoms with Crippen molar-refractivity contribution in [3.05, 3.63) is 29.6 Å². The van der Waals surface area contributed by atoms with Crippen molar-refractivity contribution < 1.29 is 4.39 Å². The summed E-state index contributed by atoms with van der Waals surface area (Å²) in [5.41, 5.74) is 1.88. The fourth-order valence-corrected chi connectivity index (χ4v) is 3.08. The molecule has 2 unspecified atom stereocenters. The molecular weight excluding hydrogens is 251 g/mol. The van der Waals surface area contributed by atoms with Crippen LogP contribution in [-0.2, 0) is 6.54 Å². The summed E-state index contributed by atoms with van der Waals surface area (Å²) in [6.45, 7) is 10.4. The summed E-state index contributed by atoms with van der Waals surface area (Å²) in [5.74, 6) is 0.653. The average Bonchev–Trinajstić information content (AvgIpc) is 2.37. The highest BCUT2D eigenvalue weighted by molar-refractivity contribution is 5.56. The van der Waals surface area contributed by atoms with E-state index in [2.05, 4.69) is 37.9 Å². The van der Waals surface area contributed by atoms with Crippen molar-refractivity contribution in [2.75, 3.05) is 11.4 Å². The molecule has 2 atom stereocenters. The number of anilines is 1. The number of para-hydroxylation sites is 1. The van der Waals surface area contributed by atoms with Crippen LogP contribution < -0.4 is 10.2 Å². The SMILES string of the molecule is CC1CCN(c2c(F)cccc2CNC(C)C)C(C)C1. The van der Waals surface area contributed by atoms with Gasteiger partial charge in [-0.1, -0.05) is 32.9 Å². The van der Waals surface area contributed by atoms with Crippen LogP contribution in [0, 0.1) is 11.7 Å². The number of piperidine rings is 1. The van der Waals surface area contributed by atoms with E-state index in [0.29, 0.717) is 12.1 Å². The average molecular weight is 278 g/mol. The van der Waals surface area contributed by atoms with Crippen LogP contribution in [0.2, 0.25) is 0 Å². The second-order valence-electron chi connectivity index (χ2n) is 6.46. The van der Waals surface area contributed by atoms with Gasteiger partial charge in [-0.25, -0.2) is 4.39 Å². The molecule has 1 aliphatic heterocycles. The number of benzene rings is 1. The first-order chi connectivity index (χ1) is 9.49. The van der Waals surface area contributed by atoms with Gasteiger partial charge in [-0.2, -0.15) is 0 Å². The molecule has 2 rings (SSSR count). The monoisotopic (exact) mass is 278 g/mol. The van der Waals surface area contributed by atoms with E-state index in [1.807, 2.05) is 12.1 Å². The van der Waals surface area contributed by atoms with Gasteiger partial charge in [0.15, 0.2) is 0 Å². The van der Waals surface area contributed by atoms with Crippen LogP contribution in [0.4, 0.5) is 10.1 Å². The predicted octanol–water partition coefficient (Wildman–Crippen LogP) is 3.95. The summed E-state index contributed by atoms with van der Waals surface area (Å²) >= 11 is 0. The Bertz CT molecular complexity index is 445. The molecule has 1 aliphatic rings. The van der Waals surface area contributed by atoms with Gasteiger partial charge in [-0.05, 0) is 37.3 Å². The van der Waals surface area contributed by atoms with E-state index in [-0.39, 0.29) is 5.82 Å². The van der Waals surface area contributed by atoms with Crippen LogP contribution in [0.1, 0.15) is 46.1 Å². The number of rotatable bonds is 4. The lowest BCUT2D eigenvalue weighted by molar-refractivity contribution is 0.374. The van der Waals surface area contributed by atoms with E-state index in [4.69, 9.17) is 0 Å². The number of nitrogens with zero attached hydrogens (tertiary/aromatic N) is 1. The summed E-state index contributed by atoms with van der Waals surface area (Å²) < 4.78 is 14.4. The van der Waals surface area contributed by atoms with Crippen molar-refractivity contribution in [2.24, 2.45) is 5.92 Å². The topological polar surface area (TPSA) is 15.3 Å². The van der Waals surface area contributed by atoms with E-state index < -0.39 is 0 Å². The molecule has 0 bridgehead atoms. The second kappa shape index (κ2) is 6.57. The molecule has 0 spiro atoms. The Hall–Kier alpha value is -1.09. The molecule has 2 nitrogen and oxygen atoms in total. The number of halogens is 1. The Morgan fingerprint density at radius 1 is 1.35 bits per heavy atom. The molecule has 0 aliphatic carbocycles. The Morgan fingerprint density at radius 3 is 2.75 bits per heavy atom. The first-order valence-corrected chi connectivity index (χ1v) is 7.76. The maximum atomic E-state index is 14.4. The van der Waals surface area contributed by atoms with Gasteiger partial charge in [0.05, 0.1) is 5.69 Å².